The molecule has 0 atom stereocenters. The zero-order valence-corrected chi connectivity index (χ0v) is 17.8. The summed E-state index contributed by atoms with van der Waals surface area (Å²) in [5.41, 5.74) is 1.26. The van der Waals surface area contributed by atoms with Crippen LogP contribution in [0, 0.1) is 6.92 Å². The highest BCUT2D eigenvalue weighted by atomic mass is 16.5. The Labute approximate surface area is 182 Å². The largest absolute Gasteiger partial charge is 0.484 e. The number of benzene rings is 1. The first kappa shape index (κ1) is 21.2. The molecule has 0 bridgehead atoms. The highest BCUT2D eigenvalue weighted by Gasteiger charge is 2.27. The average Bonchev–Trinajstić information content (AvgIpc) is 2.83. The van der Waals surface area contributed by atoms with Crippen LogP contribution in [-0.4, -0.2) is 77.6 Å². The van der Waals surface area contributed by atoms with E-state index in [-0.39, 0.29) is 24.3 Å². The van der Waals surface area contributed by atoms with Gasteiger partial charge in [-0.2, -0.15) is 0 Å². The standard InChI is InChI=1S/C23H28N4O4/c1-17-20(23(29)27-11-13-30-14-12-27)15-24-22(25-17)18-7-9-26(10-8-18)21(28)16-31-19-5-3-2-4-6-19/h2-6,15,18H,7-14,16H2,1H3. The Kier molecular flexibility index (Phi) is 6.76. The van der Waals surface area contributed by atoms with E-state index >= 15 is 0 Å². The van der Waals surface area contributed by atoms with Gasteiger partial charge in [-0.3, -0.25) is 9.59 Å². The van der Waals surface area contributed by atoms with E-state index in [4.69, 9.17) is 9.47 Å². The highest BCUT2D eigenvalue weighted by molar-refractivity contribution is 5.95. The third-order valence-electron chi connectivity index (χ3n) is 5.84. The van der Waals surface area contributed by atoms with E-state index in [1.54, 1.807) is 11.1 Å². The van der Waals surface area contributed by atoms with Crippen LogP contribution < -0.4 is 4.74 Å². The van der Waals surface area contributed by atoms with E-state index in [2.05, 4.69) is 9.97 Å². The maximum Gasteiger partial charge on any atom is 0.260 e. The fourth-order valence-corrected chi connectivity index (χ4v) is 3.97. The van der Waals surface area contributed by atoms with Crippen LogP contribution in [0.25, 0.3) is 0 Å². The summed E-state index contributed by atoms with van der Waals surface area (Å²) in [7, 11) is 0. The molecular formula is C23H28N4O4. The Hall–Kier alpha value is -3.00. The minimum Gasteiger partial charge on any atom is -0.484 e. The first-order chi connectivity index (χ1) is 15.1. The molecule has 1 aromatic carbocycles. The molecule has 0 aliphatic carbocycles. The minimum atomic E-state index is -0.0359. The predicted octanol–water partition coefficient (Wildman–Crippen LogP) is 2.04. The lowest BCUT2D eigenvalue weighted by atomic mass is 9.95. The van der Waals surface area contributed by atoms with Crippen molar-refractivity contribution in [1.29, 1.82) is 0 Å². The normalized spacial score (nSPS) is 17.5. The van der Waals surface area contributed by atoms with Gasteiger partial charge in [0.25, 0.3) is 11.8 Å². The molecule has 0 saturated carbocycles. The first-order valence-electron chi connectivity index (χ1n) is 10.8. The van der Waals surface area contributed by atoms with Crippen molar-refractivity contribution < 1.29 is 19.1 Å². The number of ether oxygens (including phenoxy) is 2. The van der Waals surface area contributed by atoms with Gasteiger partial charge in [-0.15, -0.1) is 0 Å². The molecule has 2 aliphatic heterocycles. The summed E-state index contributed by atoms with van der Waals surface area (Å²) >= 11 is 0. The maximum absolute atomic E-state index is 12.7. The van der Waals surface area contributed by atoms with Gasteiger partial charge >= 0.3 is 0 Å². The molecule has 8 nitrogen and oxygen atoms in total. The summed E-state index contributed by atoms with van der Waals surface area (Å²) in [4.78, 5) is 38.0. The fraction of sp³-hybridized carbons (Fsp3) is 0.478. The van der Waals surface area contributed by atoms with Gasteiger partial charge in [0.2, 0.25) is 0 Å². The van der Waals surface area contributed by atoms with Crippen LogP contribution in [0.2, 0.25) is 0 Å². The van der Waals surface area contributed by atoms with Crippen molar-refractivity contribution in [1.82, 2.24) is 19.8 Å². The number of nitrogens with zero attached hydrogens (tertiary/aromatic N) is 4. The third kappa shape index (κ3) is 5.19. The van der Waals surface area contributed by atoms with Gasteiger partial charge < -0.3 is 19.3 Å². The second-order valence-corrected chi connectivity index (χ2v) is 7.89. The molecule has 0 N–H and O–H groups in total. The van der Waals surface area contributed by atoms with E-state index in [9.17, 15) is 9.59 Å². The molecular weight excluding hydrogens is 396 g/mol. The summed E-state index contributed by atoms with van der Waals surface area (Å²) in [6.45, 7) is 5.54. The van der Waals surface area contributed by atoms with Crippen molar-refractivity contribution in [3.63, 3.8) is 0 Å². The highest BCUT2D eigenvalue weighted by Crippen LogP contribution is 2.26. The number of carbonyl (C=O) groups excluding carboxylic acids is 2. The summed E-state index contributed by atoms with van der Waals surface area (Å²) in [5, 5.41) is 0. The van der Waals surface area contributed by atoms with Crippen LogP contribution in [0.4, 0.5) is 0 Å². The number of hydrogen-bond donors (Lipinski definition) is 0. The van der Waals surface area contributed by atoms with Crippen LogP contribution in [0.15, 0.2) is 36.5 Å². The number of rotatable bonds is 5. The Bertz CT molecular complexity index is 907. The van der Waals surface area contributed by atoms with Crippen molar-refractivity contribution in [3.8, 4) is 5.75 Å². The van der Waals surface area contributed by atoms with Crippen LogP contribution >= 0.6 is 0 Å². The van der Waals surface area contributed by atoms with Gasteiger partial charge in [0.1, 0.15) is 11.6 Å². The second kappa shape index (κ2) is 9.87. The zero-order valence-electron chi connectivity index (χ0n) is 17.8. The van der Waals surface area contributed by atoms with Crippen molar-refractivity contribution >= 4 is 11.8 Å². The third-order valence-corrected chi connectivity index (χ3v) is 5.84. The summed E-state index contributed by atoms with van der Waals surface area (Å²) < 4.78 is 10.9. The van der Waals surface area contributed by atoms with Gasteiger partial charge in [-0.25, -0.2) is 9.97 Å². The van der Waals surface area contributed by atoms with E-state index in [0.29, 0.717) is 56.4 Å². The van der Waals surface area contributed by atoms with Crippen molar-refractivity contribution in [2.45, 2.75) is 25.7 Å². The lowest BCUT2D eigenvalue weighted by Crippen LogP contribution is -2.41. The number of carbonyl (C=O) groups is 2. The van der Waals surface area contributed by atoms with Gasteiger partial charge in [0, 0.05) is 38.3 Å². The Morgan fingerprint density at radius 2 is 1.77 bits per heavy atom. The topological polar surface area (TPSA) is 84.9 Å². The molecule has 31 heavy (non-hydrogen) atoms. The molecule has 3 heterocycles. The quantitative estimate of drug-likeness (QED) is 0.730. The van der Waals surface area contributed by atoms with Crippen LogP contribution in [0.5, 0.6) is 5.75 Å². The number of amides is 2. The molecule has 2 aromatic rings. The Morgan fingerprint density at radius 3 is 2.45 bits per heavy atom. The molecule has 2 saturated heterocycles. The van der Waals surface area contributed by atoms with Crippen molar-refractivity contribution in [2.75, 3.05) is 46.0 Å². The number of para-hydroxylation sites is 1. The fourth-order valence-electron chi connectivity index (χ4n) is 3.97. The predicted molar refractivity (Wildman–Crippen MR) is 114 cm³/mol. The number of hydrogen-bond acceptors (Lipinski definition) is 6. The monoisotopic (exact) mass is 424 g/mol. The lowest BCUT2D eigenvalue weighted by Gasteiger charge is -2.31. The maximum atomic E-state index is 12.7. The molecule has 2 aliphatic rings. The molecule has 0 spiro atoms. The molecule has 0 unspecified atom stereocenters. The molecule has 4 rings (SSSR count). The minimum absolute atomic E-state index is 0.00847. The number of morpholine rings is 1. The van der Waals surface area contributed by atoms with E-state index in [1.165, 1.54) is 0 Å². The zero-order chi connectivity index (χ0) is 21.6. The van der Waals surface area contributed by atoms with Crippen LogP contribution in [0.3, 0.4) is 0 Å². The van der Waals surface area contributed by atoms with Crippen molar-refractivity contribution in [2.24, 2.45) is 0 Å². The molecule has 2 amide bonds. The lowest BCUT2D eigenvalue weighted by molar-refractivity contribution is -0.134. The summed E-state index contributed by atoms with van der Waals surface area (Å²) in [6, 6.07) is 9.35. The second-order valence-electron chi connectivity index (χ2n) is 7.89. The Balaban J connectivity index is 1.30. The van der Waals surface area contributed by atoms with E-state index < -0.39 is 0 Å². The molecule has 0 radical (unpaired) electrons. The van der Waals surface area contributed by atoms with E-state index in [0.717, 1.165) is 18.7 Å². The van der Waals surface area contributed by atoms with Gasteiger partial charge in [-0.1, -0.05) is 18.2 Å². The smallest absolute Gasteiger partial charge is 0.260 e. The number of piperidine rings is 1. The molecule has 8 heteroatoms. The Morgan fingerprint density at radius 1 is 1.06 bits per heavy atom. The molecule has 164 valence electrons. The average molecular weight is 425 g/mol. The van der Waals surface area contributed by atoms with Crippen LogP contribution in [0.1, 0.15) is 40.6 Å². The summed E-state index contributed by atoms with van der Waals surface area (Å²) in [6.07, 6.45) is 3.25. The molecule has 1 aromatic heterocycles. The first-order valence-corrected chi connectivity index (χ1v) is 10.8. The van der Waals surface area contributed by atoms with Crippen LogP contribution in [-0.2, 0) is 9.53 Å². The van der Waals surface area contributed by atoms with E-state index in [1.807, 2.05) is 42.2 Å². The summed E-state index contributed by atoms with van der Waals surface area (Å²) in [5.74, 6) is 1.59. The van der Waals surface area contributed by atoms with Gasteiger partial charge in [-0.05, 0) is 31.9 Å². The number of likely N-dealkylation sites (tertiary alicyclic amines) is 1. The van der Waals surface area contributed by atoms with Gasteiger partial charge in [0.05, 0.1) is 24.5 Å². The SMILES string of the molecule is Cc1nc(C2CCN(C(=O)COc3ccccc3)CC2)ncc1C(=O)N1CCOCC1. The number of aromatic nitrogens is 2. The van der Waals surface area contributed by atoms with Crippen molar-refractivity contribution in [3.05, 3.63) is 53.6 Å². The van der Waals surface area contributed by atoms with Gasteiger partial charge in [0.15, 0.2) is 6.61 Å². The molecule has 2 fully saturated rings. The number of aryl methyl sites for hydroxylation is 1.